The van der Waals surface area contributed by atoms with Crippen molar-refractivity contribution in [3.63, 3.8) is 0 Å². The molecule has 0 bridgehead atoms. The molecule has 24 heavy (non-hydrogen) atoms. The standard InChI is InChI=1S/C17H27NO4S2/c1-4-14-5-7-15(8-6-14)24(21,22)17-12-23(19,20)11-16(17)18-10-9-13(2)3/h5-8,13,16-18H,4,9-12H2,1-3H3/t16-,17-/m0/s1. The summed E-state index contributed by atoms with van der Waals surface area (Å²) in [5.41, 5.74) is 1.06. The van der Waals surface area contributed by atoms with Gasteiger partial charge >= 0.3 is 0 Å². The van der Waals surface area contributed by atoms with Gasteiger partial charge < -0.3 is 5.32 Å². The van der Waals surface area contributed by atoms with Crippen LogP contribution in [0, 0.1) is 5.92 Å². The third-order valence-electron chi connectivity index (χ3n) is 4.49. The zero-order chi connectivity index (χ0) is 18.0. The molecule has 5 nitrogen and oxygen atoms in total. The first-order valence-electron chi connectivity index (χ1n) is 8.42. The predicted molar refractivity (Wildman–Crippen MR) is 96.7 cm³/mol. The molecule has 2 rings (SSSR count). The van der Waals surface area contributed by atoms with Gasteiger partial charge in [-0.2, -0.15) is 0 Å². The van der Waals surface area contributed by atoms with Crippen LogP contribution in [-0.2, 0) is 26.1 Å². The number of benzene rings is 1. The summed E-state index contributed by atoms with van der Waals surface area (Å²) in [4.78, 5) is 0.206. The molecule has 1 aromatic carbocycles. The smallest absolute Gasteiger partial charge is 0.183 e. The second-order valence-electron chi connectivity index (χ2n) is 6.90. The monoisotopic (exact) mass is 373 g/mol. The van der Waals surface area contributed by atoms with Crippen LogP contribution in [0.5, 0.6) is 0 Å². The second kappa shape index (κ2) is 7.54. The van der Waals surface area contributed by atoms with E-state index in [1.807, 2.05) is 6.92 Å². The van der Waals surface area contributed by atoms with Crippen molar-refractivity contribution in [2.45, 2.75) is 49.8 Å². The molecule has 1 N–H and O–H groups in total. The van der Waals surface area contributed by atoms with E-state index in [4.69, 9.17) is 0 Å². The van der Waals surface area contributed by atoms with Crippen molar-refractivity contribution in [2.24, 2.45) is 5.92 Å². The summed E-state index contributed by atoms with van der Waals surface area (Å²) in [5.74, 6) is 0.0684. The van der Waals surface area contributed by atoms with E-state index < -0.39 is 31.0 Å². The number of hydrogen-bond acceptors (Lipinski definition) is 5. The van der Waals surface area contributed by atoms with E-state index in [-0.39, 0.29) is 16.4 Å². The minimum Gasteiger partial charge on any atom is -0.312 e. The van der Waals surface area contributed by atoms with Crippen LogP contribution >= 0.6 is 0 Å². The first kappa shape index (κ1) is 19.4. The fourth-order valence-corrected chi connectivity index (χ4v) is 7.68. The highest BCUT2D eigenvalue weighted by Crippen LogP contribution is 2.26. The molecule has 1 aliphatic rings. The van der Waals surface area contributed by atoms with E-state index in [0.29, 0.717) is 12.5 Å². The first-order chi connectivity index (χ1) is 11.2. The Labute approximate surface area is 145 Å². The maximum Gasteiger partial charge on any atom is 0.183 e. The van der Waals surface area contributed by atoms with Gasteiger partial charge in [0.2, 0.25) is 0 Å². The molecule has 1 fully saturated rings. The quantitative estimate of drug-likeness (QED) is 0.789. The topological polar surface area (TPSA) is 80.3 Å². The van der Waals surface area contributed by atoms with Crippen LogP contribution in [0.2, 0.25) is 0 Å². The number of sulfone groups is 2. The van der Waals surface area contributed by atoms with Gasteiger partial charge in [0.1, 0.15) is 0 Å². The molecule has 7 heteroatoms. The molecule has 1 aliphatic heterocycles. The number of hydrogen-bond donors (Lipinski definition) is 1. The lowest BCUT2D eigenvalue weighted by molar-refractivity contribution is 0.483. The van der Waals surface area contributed by atoms with E-state index in [1.165, 1.54) is 0 Å². The molecule has 0 spiro atoms. The molecule has 1 heterocycles. The van der Waals surface area contributed by atoms with Gasteiger partial charge in [0.05, 0.1) is 21.7 Å². The molecule has 136 valence electrons. The van der Waals surface area contributed by atoms with E-state index in [0.717, 1.165) is 18.4 Å². The molecule has 0 aliphatic carbocycles. The predicted octanol–water partition coefficient (Wildman–Crippen LogP) is 1.82. The summed E-state index contributed by atoms with van der Waals surface area (Å²) in [6.07, 6.45) is 1.71. The molecule has 0 radical (unpaired) electrons. The Kier molecular flexibility index (Phi) is 6.09. The van der Waals surface area contributed by atoms with Gasteiger partial charge in [-0.05, 0) is 43.0 Å². The van der Waals surface area contributed by atoms with Gasteiger partial charge in [-0.3, -0.25) is 0 Å². The van der Waals surface area contributed by atoms with Gasteiger partial charge in [0.25, 0.3) is 0 Å². The Bertz CT molecular complexity index is 752. The van der Waals surface area contributed by atoms with E-state index in [9.17, 15) is 16.8 Å². The van der Waals surface area contributed by atoms with Crippen LogP contribution in [0.25, 0.3) is 0 Å². The lowest BCUT2D eigenvalue weighted by atomic mass is 10.1. The van der Waals surface area contributed by atoms with Gasteiger partial charge in [-0.25, -0.2) is 16.8 Å². The first-order valence-corrected chi connectivity index (χ1v) is 11.8. The molecule has 0 saturated carbocycles. The SMILES string of the molecule is CCc1ccc(S(=O)(=O)[C@H]2CS(=O)(=O)C[C@@H]2NCCC(C)C)cc1. The summed E-state index contributed by atoms with van der Waals surface area (Å²) in [6, 6.07) is 6.22. The third-order valence-corrected chi connectivity index (χ3v) is 8.65. The summed E-state index contributed by atoms with van der Waals surface area (Å²) in [7, 11) is -7.02. The van der Waals surface area contributed by atoms with Crippen LogP contribution in [0.15, 0.2) is 29.2 Å². The number of aryl methyl sites for hydroxylation is 1. The number of rotatable bonds is 7. The van der Waals surface area contributed by atoms with Crippen LogP contribution in [0.4, 0.5) is 0 Å². The Morgan fingerprint density at radius 2 is 1.79 bits per heavy atom. The minimum absolute atomic E-state index is 0.109. The van der Waals surface area contributed by atoms with E-state index in [2.05, 4.69) is 19.2 Å². The van der Waals surface area contributed by atoms with Crippen LogP contribution < -0.4 is 5.32 Å². The lowest BCUT2D eigenvalue weighted by Crippen LogP contribution is -2.43. The summed E-state index contributed by atoms with van der Waals surface area (Å²) >= 11 is 0. The number of nitrogens with one attached hydrogen (secondary N) is 1. The van der Waals surface area contributed by atoms with Crippen LogP contribution in [0.3, 0.4) is 0 Å². The van der Waals surface area contributed by atoms with E-state index >= 15 is 0 Å². The maximum absolute atomic E-state index is 12.9. The minimum atomic E-state index is -3.68. The largest absolute Gasteiger partial charge is 0.312 e. The third kappa shape index (κ3) is 4.58. The average Bonchev–Trinajstić information content (AvgIpc) is 2.82. The second-order valence-corrected chi connectivity index (χ2v) is 11.2. The Morgan fingerprint density at radius 1 is 1.17 bits per heavy atom. The highest BCUT2D eigenvalue weighted by atomic mass is 32.2. The van der Waals surface area contributed by atoms with Gasteiger partial charge in [-0.1, -0.05) is 32.9 Å². The van der Waals surface area contributed by atoms with Crippen LogP contribution in [-0.4, -0.2) is 46.2 Å². The average molecular weight is 374 g/mol. The van der Waals surface area contributed by atoms with Crippen molar-refractivity contribution >= 4 is 19.7 Å². The fraction of sp³-hybridized carbons (Fsp3) is 0.647. The molecular weight excluding hydrogens is 346 g/mol. The zero-order valence-electron chi connectivity index (χ0n) is 14.5. The van der Waals surface area contributed by atoms with Crippen molar-refractivity contribution in [1.29, 1.82) is 0 Å². The highest BCUT2D eigenvalue weighted by Gasteiger charge is 2.45. The van der Waals surface area contributed by atoms with Crippen LogP contribution in [0.1, 0.15) is 32.8 Å². The van der Waals surface area contributed by atoms with Crippen molar-refractivity contribution < 1.29 is 16.8 Å². The molecule has 1 saturated heterocycles. The Morgan fingerprint density at radius 3 is 2.33 bits per heavy atom. The molecule has 2 atom stereocenters. The van der Waals surface area contributed by atoms with Gasteiger partial charge in [-0.15, -0.1) is 0 Å². The van der Waals surface area contributed by atoms with Gasteiger partial charge in [0, 0.05) is 6.04 Å². The fourth-order valence-electron chi connectivity index (χ4n) is 2.96. The Hall–Kier alpha value is -0.920. The maximum atomic E-state index is 12.9. The Balaban J connectivity index is 2.24. The van der Waals surface area contributed by atoms with Crippen molar-refractivity contribution in [3.05, 3.63) is 29.8 Å². The molecular formula is C17H27NO4S2. The lowest BCUT2D eigenvalue weighted by Gasteiger charge is -2.20. The molecule has 1 aromatic rings. The summed E-state index contributed by atoms with van der Waals surface area (Å²) < 4.78 is 49.9. The van der Waals surface area contributed by atoms with Gasteiger partial charge in [0.15, 0.2) is 19.7 Å². The molecule has 0 aromatic heterocycles. The van der Waals surface area contributed by atoms with E-state index in [1.54, 1.807) is 24.3 Å². The van der Waals surface area contributed by atoms with Crippen molar-refractivity contribution in [3.8, 4) is 0 Å². The normalized spacial score (nSPS) is 23.7. The van der Waals surface area contributed by atoms with Crippen molar-refractivity contribution in [1.82, 2.24) is 5.32 Å². The molecule has 0 unspecified atom stereocenters. The summed E-state index contributed by atoms with van der Waals surface area (Å²) in [6.45, 7) is 6.79. The highest BCUT2D eigenvalue weighted by molar-refractivity contribution is 7.96. The molecule has 0 amide bonds. The van der Waals surface area contributed by atoms with Crippen molar-refractivity contribution in [2.75, 3.05) is 18.1 Å². The summed E-state index contributed by atoms with van der Waals surface area (Å²) in [5, 5.41) is 2.24. The zero-order valence-corrected chi connectivity index (χ0v) is 16.2.